The Labute approximate surface area is 104 Å². The van der Waals surface area contributed by atoms with E-state index in [1.165, 1.54) is 11.1 Å². The number of hydrogen-bond acceptors (Lipinski definition) is 2. The summed E-state index contributed by atoms with van der Waals surface area (Å²) in [6.45, 7) is 3.06. The number of nitrogens with zero attached hydrogens (tertiary/aromatic N) is 1. The van der Waals surface area contributed by atoms with Crippen LogP contribution in [0.2, 0.25) is 0 Å². The highest BCUT2D eigenvalue weighted by molar-refractivity contribution is 5.91. The molecule has 1 aromatic rings. The van der Waals surface area contributed by atoms with Gasteiger partial charge >= 0.3 is 0 Å². The molecule has 0 amide bonds. The van der Waals surface area contributed by atoms with Gasteiger partial charge in [-0.3, -0.25) is 4.79 Å². The summed E-state index contributed by atoms with van der Waals surface area (Å²) in [7, 11) is 4.12. The summed E-state index contributed by atoms with van der Waals surface area (Å²) in [6.07, 6.45) is 2.52. The summed E-state index contributed by atoms with van der Waals surface area (Å²) >= 11 is 0. The van der Waals surface area contributed by atoms with Gasteiger partial charge in [-0.1, -0.05) is 24.3 Å². The summed E-state index contributed by atoms with van der Waals surface area (Å²) in [5.41, 5.74) is 2.32. The Morgan fingerprint density at radius 3 is 2.65 bits per heavy atom. The van der Waals surface area contributed by atoms with E-state index in [-0.39, 0.29) is 5.41 Å². The predicted molar refractivity (Wildman–Crippen MR) is 70.3 cm³/mol. The lowest BCUT2D eigenvalue weighted by atomic mass is 9.68. The van der Waals surface area contributed by atoms with Crippen LogP contribution in [0.4, 0.5) is 0 Å². The molecule has 1 aliphatic carbocycles. The molecule has 1 aliphatic rings. The van der Waals surface area contributed by atoms with Gasteiger partial charge in [0.2, 0.25) is 0 Å². The van der Waals surface area contributed by atoms with E-state index in [2.05, 4.69) is 44.1 Å². The van der Waals surface area contributed by atoms with E-state index < -0.39 is 0 Å². The molecule has 2 heteroatoms. The molecular weight excluding hydrogens is 210 g/mol. The number of aryl methyl sites for hydroxylation is 1. The van der Waals surface area contributed by atoms with Crippen molar-refractivity contribution in [2.24, 2.45) is 0 Å². The molecule has 2 nitrogen and oxygen atoms in total. The van der Waals surface area contributed by atoms with Crippen LogP contribution in [0.25, 0.3) is 0 Å². The van der Waals surface area contributed by atoms with Crippen LogP contribution in [0.15, 0.2) is 24.3 Å². The van der Waals surface area contributed by atoms with Gasteiger partial charge in [-0.2, -0.15) is 0 Å². The summed E-state index contributed by atoms with van der Waals surface area (Å²) in [4.78, 5) is 14.4. The first-order chi connectivity index (χ1) is 8.04. The number of Topliss-reactive ketones (excluding diaryl/α,β-unsaturated/α-hetero) is 1. The second kappa shape index (κ2) is 4.61. The van der Waals surface area contributed by atoms with E-state index in [4.69, 9.17) is 0 Å². The molecule has 92 valence electrons. The van der Waals surface area contributed by atoms with Gasteiger partial charge in [0.15, 0.2) is 0 Å². The van der Waals surface area contributed by atoms with Gasteiger partial charge in [0.25, 0.3) is 0 Å². The van der Waals surface area contributed by atoms with E-state index in [1.54, 1.807) is 0 Å². The van der Waals surface area contributed by atoms with Gasteiger partial charge in [-0.15, -0.1) is 0 Å². The van der Waals surface area contributed by atoms with Crippen LogP contribution >= 0.6 is 0 Å². The highest BCUT2D eigenvalue weighted by Gasteiger charge is 2.38. The Balaban J connectivity index is 2.34. The largest absolute Gasteiger partial charge is 0.309 e. The lowest BCUT2D eigenvalue weighted by molar-refractivity contribution is -0.125. The topological polar surface area (TPSA) is 20.3 Å². The minimum Gasteiger partial charge on any atom is -0.309 e. The first-order valence-corrected chi connectivity index (χ1v) is 6.30. The van der Waals surface area contributed by atoms with E-state index in [9.17, 15) is 4.79 Å². The van der Waals surface area contributed by atoms with Crippen LogP contribution in [0.1, 0.15) is 30.9 Å². The second-order valence-corrected chi connectivity index (χ2v) is 5.47. The number of fused-ring (bicyclic) bond motifs is 1. The lowest BCUT2D eigenvalue weighted by Gasteiger charge is -2.35. The molecule has 2 rings (SSSR count). The zero-order valence-corrected chi connectivity index (χ0v) is 11.0. The fourth-order valence-corrected chi connectivity index (χ4v) is 2.67. The molecule has 0 fully saturated rings. The molecule has 0 saturated heterocycles. The minimum absolute atomic E-state index is 0.279. The van der Waals surface area contributed by atoms with Crippen LogP contribution < -0.4 is 0 Å². The van der Waals surface area contributed by atoms with Gasteiger partial charge in [0.1, 0.15) is 5.78 Å². The third-order valence-corrected chi connectivity index (χ3v) is 3.91. The standard InChI is InChI=1S/C15H21NO/c1-15(10-11-16(2)3)13-7-5-4-6-12(13)8-9-14(15)17/h4-7H,8-11H2,1-3H3. The summed E-state index contributed by atoms with van der Waals surface area (Å²) in [5.74, 6) is 0.401. The Kier molecular flexibility index (Phi) is 3.34. The molecule has 0 aromatic heterocycles. The maximum Gasteiger partial charge on any atom is 0.143 e. The fourth-order valence-electron chi connectivity index (χ4n) is 2.67. The summed E-state index contributed by atoms with van der Waals surface area (Å²) in [5, 5.41) is 0. The minimum atomic E-state index is -0.279. The van der Waals surface area contributed by atoms with Crippen molar-refractivity contribution >= 4 is 5.78 Å². The normalized spacial score (nSPS) is 23.9. The lowest BCUT2D eigenvalue weighted by Crippen LogP contribution is -2.39. The first-order valence-electron chi connectivity index (χ1n) is 6.30. The van der Waals surface area contributed by atoms with Gasteiger partial charge in [-0.05, 0) is 51.5 Å². The van der Waals surface area contributed by atoms with Crippen molar-refractivity contribution in [2.45, 2.75) is 31.6 Å². The van der Waals surface area contributed by atoms with E-state index >= 15 is 0 Å². The van der Waals surface area contributed by atoms with Crippen molar-refractivity contribution < 1.29 is 4.79 Å². The van der Waals surface area contributed by atoms with Crippen molar-refractivity contribution in [3.05, 3.63) is 35.4 Å². The molecule has 1 aromatic carbocycles. The number of ketones is 1. The molecule has 0 saturated carbocycles. The monoisotopic (exact) mass is 231 g/mol. The van der Waals surface area contributed by atoms with Gasteiger partial charge in [0.05, 0.1) is 5.41 Å². The molecule has 0 N–H and O–H groups in total. The first kappa shape index (κ1) is 12.3. The number of carbonyl (C=O) groups is 1. The number of carbonyl (C=O) groups excluding carboxylic acids is 1. The van der Waals surface area contributed by atoms with Gasteiger partial charge < -0.3 is 4.90 Å². The third kappa shape index (κ3) is 2.27. The highest BCUT2D eigenvalue weighted by Crippen LogP contribution is 2.37. The Bertz CT molecular complexity index is 425. The third-order valence-electron chi connectivity index (χ3n) is 3.91. The molecule has 1 atom stereocenters. The van der Waals surface area contributed by atoms with E-state index in [1.807, 2.05) is 6.07 Å². The Hall–Kier alpha value is -1.15. The molecule has 1 unspecified atom stereocenters. The second-order valence-electron chi connectivity index (χ2n) is 5.47. The average molecular weight is 231 g/mol. The van der Waals surface area contributed by atoms with E-state index in [0.717, 1.165) is 19.4 Å². The molecule has 0 bridgehead atoms. The summed E-state index contributed by atoms with van der Waals surface area (Å²) in [6, 6.07) is 8.41. The summed E-state index contributed by atoms with van der Waals surface area (Å²) < 4.78 is 0. The number of hydrogen-bond donors (Lipinski definition) is 0. The van der Waals surface area contributed by atoms with Crippen molar-refractivity contribution in [1.82, 2.24) is 4.90 Å². The highest BCUT2D eigenvalue weighted by atomic mass is 16.1. The Morgan fingerprint density at radius 2 is 1.94 bits per heavy atom. The van der Waals surface area contributed by atoms with Gasteiger partial charge in [-0.25, -0.2) is 0 Å². The van der Waals surface area contributed by atoms with Crippen molar-refractivity contribution in [3.63, 3.8) is 0 Å². The molecule has 17 heavy (non-hydrogen) atoms. The van der Waals surface area contributed by atoms with Gasteiger partial charge in [0, 0.05) is 6.42 Å². The molecule has 0 aliphatic heterocycles. The van der Waals surface area contributed by atoms with Crippen molar-refractivity contribution in [2.75, 3.05) is 20.6 Å². The van der Waals surface area contributed by atoms with Crippen LogP contribution in [0, 0.1) is 0 Å². The van der Waals surface area contributed by atoms with Crippen molar-refractivity contribution in [3.8, 4) is 0 Å². The predicted octanol–water partition coefficient (Wildman–Crippen LogP) is 2.41. The Morgan fingerprint density at radius 1 is 1.24 bits per heavy atom. The molecule has 0 heterocycles. The SMILES string of the molecule is CN(C)CCC1(C)C(=O)CCc2ccccc21. The quantitative estimate of drug-likeness (QED) is 0.796. The van der Waals surface area contributed by atoms with Crippen LogP contribution in [0.3, 0.4) is 0 Å². The molecule has 0 radical (unpaired) electrons. The number of rotatable bonds is 3. The smallest absolute Gasteiger partial charge is 0.143 e. The zero-order chi connectivity index (χ0) is 12.5. The van der Waals surface area contributed by atoms with Crippen LogP contribution in [0.5, 0.6) is 0 Å². The maximum atomic E-state index is 12.3. The average Bonchev–Trinajstić information content (AvgIpc) is 2.32. The zero-order valence-electron chi connectivity index (χ0n) is 11.0. The van der Waals surface area contributed by atoms with Crippen molar-refractivity contribution in [1.29, 1.82) is 0 Å². The van der Waals surface area contributed by atoms with Crippen LogP contribution in [-0.4, -0.2) is 31.3 Å². The number of benzene rings is 1. The molecule has 0 spiro atoms. The fraction of sp³-hybridized carbons (Fsp3) is 0.533. The van der Waals surface area contributed by atoms with Crippen LogP contribution in [-0.2, 0) is 16.6 Å². The maximum absolute atomic E-state index is 12.3. The van der Waals surface area contributed by atoms with E-state index in [0.29, 0.717) is 12.2 Å². The molecular formula is C15H21NO.